The van der Waals surface area contributed by atoms with Gasteiger partial charge in [0.2, 0.25) is 5.91 Å². The lowest BCUT2D eigenvalue weighted by Gasteiger charge is -2.36. The van der Waals surface area contributed by atoms with Gasteiger partial charge in [0.25, 0.3) is 11.8 Å². The van der Waals surface area contributed by atoms with Gasteiger partial charge in [0.05, 0.1) is 18.6 Å². The third kappa shape index (κ3) is 5.93. The quantitative estimate of drug-likeness (QED) is 0.205. The summed E-state index contributed by atoms with van der Waals surface area (Å²) in [6, 6.07) is 18.4. The number of piperazine rings is 1. The van der Waals surface area contributed by atoms with Crippen LogP contribution in [-0.4, -0.2) is 79.8 Å². The molecule has 5 aromatic rings. The number of aromatic nitrogens is 3. The fourth-order valence-corrected chi connectivity index (χ4v) is 9.72. The minimum absolute atomic E-state index is 0.0454. The first-order valence-electron chi connectivity index (χ1n) is 19.0. The number of likely N-dealkylation sites (tertiary alicyclic amines) is 1. The number of rotatable bonds is 9. The first-order valence-corrected chi connectivity index (χ1v) is 19.8. The molecule has 15 heteroatoms. The van der Waals surface area contributed by atoms with Crippen LogP contribution in [0.5, 0.6) is 0 Å². The van der Waals surface area contributed by atoms with Crippen LogP contribution < -0.4 is 20.4 Å². The average molecular weight is 772 g/mol. The average Bonchev–Trinajstić information content (AvgIpc) is 4.06. The molecule has 2 bridgehead atoms. The Bertz CT molecular complexity index is 2400. The molecule has 7 heterocycles. The van der Waals surface area contributed by atoms with Crippen molar-refractivity contribution < 1.29 is 23.6 Å². The number of urea groups is 1. The molecule has 1 unspecified atom stereocenters. The van der Waals surface area contributed by atoms with Crippen LogP contribution >= 0.6 is 11.3 Å². The molecule has 0 radical (unpaired) electrons. The summed E-state index contributed by atoms with van der Waals surface area (Å²) in [6.07, 6.45) is 6.30. The molecule has 3 aromatic carbocycles. The van der Waals surface area contributed by atoms with Crippen molar-refractivity contribution in [3.8, 4) is 11.1 Å². The summed E-state index contributed by atoms with van der Waals surface area (Å²) >= 11 is 1.28. The Hall–Kier alpha value is -5.93. The number of amides is 5. The van der Waals surface area contributed by atoms with Gasteiger partial charge in [0, 0.05) is 91.0 Å². The minimum atomic E-state index is -1.04. The molecule has 13 nitrogen and oxygen atoms in total. The highest BCUT2D eigenvalue weighted by atomic mass is 32.1. The fourth-order valence-electron chi connectivity index (χ4n) is 9.19. The Kier molecular flexibility index (Phi) is 8.44. The Balaban J connectivity index is 0.845. The number of aryl methyl sites for hydroxylation is 1. The Morgan fingerprint density at radius 3 is 2.62 bits per heavy atom. The van der Waals surface area contributed by atoms with Gasteiger partial charge < -0.3 is 14.4 Å². The van der Waals surface area contributed by atoms with E-state index >= 15 is 4.39 Å². The van der Waals surface area contributed by atoms with Crippen molar-refractivity contribution in [2.75, 3.05) is 34.8 Å². The molecule has 5 aliphatic heterocycles. The van der Waals surface area contributed by atoms with Gasteiger partial charge in [-0.25, -0.2) is 19.2 Å². The number of nitrogens with one attached hydrogen (secondary N) is 2. The molecule has 0 spiro atoms. The molecular weight excluding hydrogens is 734 g/mol. The molecule has 3 fully saturated rings. The molecule has 0 aliphatic carbocycles. The van der Waals surface area contributed by atoms with Crippen LogP contribution in [0.2, 0.25) is 0 Å². The number of thiazole rings is 1. The van der Waals surface area contributed by atoms with Gasteiger partial charge in [0.1, 0.15) is 5.82 Å². The lowest BCUT2D eigenvalue weighted by atomic mass is 9.99. The molecule has 5 aliphatic rings. The highest BCUT2D eigenvalue weighted by Gasteiger charge is 2.44. The van der Waals surface area contributed by atoms with Gasteiger partial charge in [-0.2, -0.15) is 0 Å². The zero-order chi connectivity index (χ0) is 38.1. The van der Waals surface area contributed by atoms with E-state index in [9.17, 15) is 19.2 Å². The maximum Gasteiger partial charge on any atom is 0.328 e. The Labute approximate surface area is 325 Å². The van der Waals surface area contributed by atoms with Crippen molar-refractivity contribution in [3.63, 3.8) is 0 Å². The van der Waals surface area contributed by atoms with Gasteiger partial charge in [-0.1, -0.05) is 30.3 Å². The molecule has 5 amide bonds. The number of imide groups is 1. The largest absolute Gasteiger partial charge is 0.366 e. The van der Waals surface area contributed by atoms with Gasteiger partial charge in [0.15, 0.2) is 11.2 Å². The topological polar surface area (TPSA) is 136 Å². The van der Waals surface area contributed by atoms with Crippen LogP contribution in [0.3, 0.4) is 0 Å². The second kappa shape index (κ2) is 13.7. The zero-order valence-electron chi connectivity index (χ0n) is 30.4. The number of hydrogen-bond acceptors (Lipinski definition) is 9. The Morgan fingerprint density at radius 2 is 1.84 bits per heavy atom. The van der Waals surface area contributed by atoms with Crippen LogP contribution in [0.4, 0.5) is 25.7 Å². The van der Waals surface area contributed by atoms with Crippen LogP contribution in [0.1, 0.15) is 58.2 Å². The number of fused-ring (bicyclic) bond motifs is 4. The number of halogens is 1. The van der Waals surface area contributed by atoms with E-state index in [1.807, 2.05) is 34.9 Å². The molecule has 3 atom stereocenters. The lowest BCUT2D eigenvalue weighted by molar-refractivity contribution is -0.121. The highest BCUT2D eigenvalue weighted by Crippen LogP contribution is 2.40. The number of para-hydroxylation sites is 1. The van der Waals surface area contributed by atoms with E-state index in [-0.39, 0.29) is 36.0 Å². The number of carbonyl (C=O) groups is 4. The summed E-state index contributed by atoms with van der Waals surface area (Å²) in [6.45, 7) is 3.57. The van der Waals surface area contributed by atoms with E-state index in [1.54, 1.807) is 28.9 Å². The summed E-state index contributed by atoms with van der Waals surface area (Å²) in [5.41, 5.74) is 6.32. The van der Waals surface area contributed by atoms with Crippen molar-refractivity contribution in [3.05, 3.63) is 112 Å². The van der Waals surface area contributed by atoms with E-state index in [2.05, 4.69) is 48.6 Å². The van der Waals surface area contributed by atoms with Gasteiger partial charge in [-0.05, 0) is 66.3 Å². The lowest BCUT2D eigenvalue weighted by Crippen LogP contribution is -2.50. The Morgan fingerprint density at radius 1 is 0.982 bits per heavy atom. The molecule has 56 heavy (non-hydrogen) atoms. The van der Waals surface area contributed by atoms with E-state index in [4.69, 9.17) is 0 Å². The predicted molar refractivity (Wildman–Crippen MR) is 208 cm³/mol. The highest BCUT2D eigenvalue weighted by molar-refractivity contribution is 7.13. The molecule has 2 N–H and O–H groups in total. The number of carbonyl (C=O) groups excluding carboxylic acids is 4. The predicted octanol–water partition coefficient (Wildman–Crippen LogP) is 5.34. The summed E-state index contributed by atoms with van der Waals surface area (Å²) in [7, 11) is 0. The number of benzene rings is 3. The van der Waals surface area contributed by atoms with E-state index in [1.165, 1.54) is 22.3 Å². The monoisotopic (exact) mass is 771 g/mol. The molecule has 2 aromatic heterocycles. The van der Waals surface area contributed by atoms with Crippen LogP contribution in [-0.2, 0) is 35.6 Å². The smallest absolute Gasteiger partial charge is 0.328 e. The van der Waals surface area contributed by atoms with Crippen molar-refractivity contribution in [1.29, 1.82) is 0 Å². The van der Waals surface area contributed by atoms with Crippen LogP contribution in [0.15, 0.2) is 78.6 Å². The molecule has 10 rings (SSSR count). The van der Waals surface area contributed by atoms with Gasteiger partial charge in [-0.15, -0.1) is 11.3 Å². The number of imidazole rings is 1. The molecule has 0 saturated carbocycles. The van der Waals surface area contributed by atoms with Gasteiger partial charge >= 0.3 is 6.03 Å². The normalized spacial score (nSPS) is 20.8. The zero-order valence-corrected chi connectivity index (χ0v) is 31.2. The number of hydrogen-bond donors (Lipinski definition) is 2. The van der Waals surface area contributed by atoms with E-state index in [0.29, 0.717) is 41.6 Å². The summed E-state index contributed by atoms with van der Waals surface area (Å²) in [4.78, 5) is 69.1. The molecular formula is C41H38FN9O4S. The summed E-state index contributed by atoms with van der Waals surface area (Å²) in [5.74, 6) is -1.58. The summed E-state index contributed by atoms with van der Waals surface area (Å²) in [5, 5.41) is 7.46. The van der Waals surface area contributed by atoms with E-state index in [0.717, 1.165) is 67.1 Å². The summed E-state index contributed by atoms with van der Waals surface area (Å²) < 4.78 is 18.0. The number of anilines is 3. The van der Waals surface area contributed by atoms with Crippen molar-refractivity contribution >= 4 is 51.6 Å². The van der Waals surface area contributed by atoms with Crippen LogP contribution in [0.25, 0.3) is 11.1 Å². The maximum absolute atomic E-state index is 15.9. The van der Waals surface area contributed by atoms with Crippen molar-refractivity contribution in [1.82, 2.24) is 29.7 Å². The molecule has 3 saturated heterocycles. The third-order valence-electron chi connectivity index (χ3n) is 11.9. The molecule has 284 valence electrons. The fraction of sp³-hybridized carbons (Fsp3) is 0.317. The van der Waals surface area contributed by atoms with E-state index < -0.39 is 23.7 Å². The minimum Gasteiger partial charge on any atom is -0.366 e. The SMILES string of the molecule is O=C1CCN(c2ccccc2CN2C[C@@H]3C[C@H]2CN3c2ccc(-c3cc(F)c4c(c3)C(=O)N(C(C(=O)Nc3nccs3)c3ncn5c3CCC5)C4)cc2)C(=O)N1. The number of nitrogens with zero attached hydrogens (tertiary/aromatic N) is 7. The third-order valence-corrected chi connectivity index (χ3v) is 12.6. The van der Waals surface area contributed by atoms with Crippen molar-refractivity contribution in [2.45, 2.75) is 63.4 Å². The standard InChI is InChI=1S/C41H38FN9O4S/c42-32-17-26(16-30-31(32)22-51(39(30)54)37(38(53)46-40-43-12-15-56-40)36-34-6-3-13-47(34)23-44-36)24-7-9-27(10-8-24)50-21-28-18-29(50)20-48(28)19-25-4-1-2-5-33(25)49-14-11-35(52)45-41(49)55/h1-2,4-5,7-10,12,15-17,23,28-29,37H,3,6,11,13-14,18-22H2,(H,43,46,53)(H,45,52,55)/t28-,29-,37?/m0/s1. The maximum atomic E-state index is 15.9. The first-order chi connectivity index (χ1) is 27.3. The second-order valence-electron chi connectivity index (χ2n) is 15.1. The van der Waals surface area contributed by atoms with Crippen LogP contribution in [0, 0.1) is 5.82 Å². The van der Waals surface area contributed by atoms with Crippen molar-refractivity contribution in [2.24, 2.45) is 0 Å². The van der Waals surface area contributed by atoms with Gasteiger partial charge in [-0.3, -0.25) is 34.8 Å². The first kappa shape index (κ1) is 34.6. The second-order valence-corrected chi connectivity index (χ2v) is 16.0.